The molecular formula is C5H3F6I. The second-order valence-electron chi connectivity index (χ2n) is 1.90. The molecule has 0 aliphatic rings. The molecule has 0 saturated heterocycles. The molecule has 7 heteroatoms. The molecule has 0 amide bonds. The van der Waals surface area contributed by atoms with Crippen LogP contribution in [0.5, 0.6) is 0 Å². The van der Waals surface area contributed by atoms with Gasteiger partial charge in [0.05, 0.1) is 0 Å². The maximum atomic E-state index is 12.4. The monoisotopic (exact) mass is 304 g/mol. The summed E-state index contributed by atoms with van der Waals surface area (Å²) in [7, 11) is 0. The predicted octanol–water partition coefficient (Wildman–Crippen LogP) is 3.47. The molecule has 1 atom stereocenters. The average molecular weight is 304 g/mol. The van der Waals surface area contributed by atoms with Gasteiger partial charge in [-0.25, -0.2) is 4.39 Å². The van der Waals surface area contributed by atoms with Gasteiger partial charge in [0, 0.05) is 0 Å². The van der Waals surface area contributed by atoms with Gasteiger partial charge in [-0.15, -0.1) is 0 Å². The van der Waals surface area contributed by atoms with Crippen molar-refractivity contribution in [3.8, 4) is 0 Å². The summed E-state index contributed by atoms with van der Waals surface area (Å²) < 4.78 is 67.0. The molecule has 0 spiro atoms. The molecule has 0 aromatic heterocycles. The molecule has 0 aromatic rings. The maximum absolute atomic E-state index is 12.4. The van der Waals surface area contributed by atoms with Gasteiger partial charge in [0.1, 0.15) is 0 Å². The van der Waals surface area contributed by atoms with Gasteiger partial charge >= 0.3 is 15.8 Å². The summed E-state index contributed by atoms with van der Waals surface area (Å²) in [5.74, 6) is -4.62. The zero-order valence-electron chi connectivity index (χ0n) is 5.43. The molecule has 0 aliphatic heterocycles. The fraction of sp³-hybridized carbons (Fsp3) is 0.600. The summed E-state index contributed by atoms with van der Waals surface area (Å²) >= 11 is 0.0123. The van der Waals surface area contributed by atoms with Crippen LogP contribution >= 0.6 is 22.6 Å². The fourth-order valence-corrected chi connectivity index (χ4v) is 0.537. The summed E-state index contributed by atoms with van der Waals surface area (Å²) in [5.41, 5.74) is 0. The van der Waals surface area contributed by atoms with E-state index < -0.39 is 15.8 Å². The molecule has 0 bridgehead atoms. The third kappa shape index (κ3) is 1.86. The van der Waals surface area contributed by atoms with Crippen molar-refractivity contribution < 1.29 is 26.3 Å². The Bertz CT molecular complexity index is 181. The van der Waals surface area contributed by atoms with E-state index in [2.05, 4.69) is 6.58 Å². The van der Waals surface area contributed by atoms with Crippen LogP contribution in [0.4, 0.5) is 26.3 Å². The predicted molar refractivity (Wildman–Crippen MR) is 39.1 cm³/mol. The maximum Gasteiger partial charge on any atom is 0.438 e. The third-order valence-corrected chi connectivity index (χ3v) is 2.36. The minimum atomic E-state index is -5.62. The van der Waals surface area contributed by atoms with Crippen molar-refractivity contribution in [2.45, 2.75) is 15.8 Å². The summed E-state index contributed by atoms with van der Waals surface area (Å²) in [6.07, 6.45) is -5.99. The van der Waals surface area contributed by atoms with Crippen molar-refractivity contribution in [3.63, 3.8) is 0 Å². The number of alkyl halides is 7. The smallest absolute Gasteiger partial charge is 0.215 e. The molecule has 0 N–H and O–H groups in total. The van der Waals surface area contributed by atoms with Crippen molar-refractivity contribution >= 4 is 22.6 Å². The Labute approximate surface area is 77.8 Å². The van der Waals surface area contributed by atoms with E-state index in [1.54, 1.807) is 0 Å². The Balaban J connectivity index is 4.97. The molecule has 12 heavy (non-hydrogen) atoms. The average Bonchev–Trinajstić information content (AvgIpc) is 1.85. The quantitative estimate of drug-likeness (QED) is 0.317. The number of hydrogen-bond acceptors (Lipinski definition) is 0. The standard InChI is InChI=1S/C5H3F6I/c1-2-3(6,7)4(8,12)5(9,10)11/h2H,1H2. The first-order valence-corrected chi connectivity index (χ1v) is 3.60. The molecule has 0 aromatic carbocycles. The number of allylic oxidation sites excluding steroid dienone is 1. The fourth-order valence-electron chi connectivity index (χ4n) is 0.317. The Kier molecular flexibility index (Phi) is 3.09. The van der Waals surface area contributed by atoms with Crippen LogP contribution in [0.25, 0.3) is 0 Å². The van der Waals surface area contributed by atoms with E-state index in [1.807, 2.05) is 0 Å². The minimum absolute atomic E-state index is 0.0123. The zero-order chi connectivity index (χ0) is 10.2. The lowest BCUT2D eigenvalue weighted by Gasteiger charge is -2.27. The van der Waals surface area contributed by atoms with Gasteiger partial charge < -0.3 is 0 Å². The van der Waals surface area contributed by atoms with Gasteiger partial charge in [-0.05, 0) is 28.7 Å². The van der Waals surface area contributed by atoms with Crippen molar-refractivity contribution in [3.05, 3.63) is 12.7 Å². The lowest BCUT2D eigenvalue weighted by atomic mass is 10.2. The molecule has 0 fully saturated rings. The van der Waals surface area contributed by atoms with E-state index in [4.69, 9.17) is 0 Å². The van der Waals surface area contributed by atoms with Crippen molar-refractivity contribution in [2.75, 3.05) is 0 Å². The van der Waals surface area contributed by atoms with E-state index in [-0.39, 0.29) is 28.7 Å². The second-order valence-corrected chi connectivity index (χ2v) is 3.39. The summed E-state index contributed by atoms with van der Waals surface area (Å²) in [6.45, 7) is 2.42. The van der Waals surface area contributed by atoms with Crippen LogP contribution in [-0.4, -0.2) is 15.8 Å². The SMILES string of the molecule is C=CC(F)(F)C(F)(I)C(F)(F)F. The lowest BCUT2D eigenvalue weighted by Crippen LogP contribution is -2.49. The third-order valence-electron chi connectivity index (χ3n) is 1.03. The van der Waals surface area contributed by atoms with Crippen LogP contribution in [0.3, 0.4) is 0 Å². The van der Waals surface area contributed by atoms with Crippen molar-refractivity contribution in [1.82, 2.24) is 0 Å². The number of hydrogen-bond donors (Lipinski definition) is 0. The van der Waals surface area contributed by atoms with E-state index in [1.165, 1.54) is 0 Å². The van der Waals surface area contributed by atoms with Crippen molar-refractivity contribution in [1.29, 1.82) is 0 Å². The van der Waals surface area contributed by atoms with Crippen LogP contribution in [0.2, 0.25) is 0 Å². The van der Waals surface area contributed by atoms with Crippen LogP contribution < -0.4 is 0 Å². The molecule has 0 nitrogen and oxygen atoms in total. The van der Waals surface area contributed by atoms with E-state index >= 15 is 0 Å². The lowest BCUT2D eigenvalue weighted by molar-refractivity contribution is -0.239. The minimum Gasteiger partial charge on any atom is -0.215 e. The molecule has 0 saturated carbocycles. The first kappa shape index (κ1) is 12.0. The van der Waals surface area contributed by atoms with Gasteiger partial charge in [-0.2, -0.15) is 22.0 Å². The van der Waals surface area contributed by atoms with Gasteiger partial charge in [-0.1, -0.05) is 6.58 Å². The molecular weight excluding hydrogens is 301 g/mol. The Hall–Kier alpha value is 0.0500. The largest absolute Gasteiger partial charge is 0.438 e. The van der Waals surface area contributed by atoms with Crippen LogP contribution in [0, 0.1) is 0 Å². The molecule has 1 unspecified atom stereocenters. The summed E-state index contributed by atoms with van der Waals surface area (Å²) in [5, 5.41) is 0. The Morgan fingerprint density at radius 1 is 1.00 bits per heavy atom. The molecule has 0 rings (SSSR count). The highest BCUT2D eigenvalue weighted by molar-refractivity contribution is 14.1. The molecule has 72 valence electrons. The normalized spacial score (nSPS) is 18.6. The van der Waals surface area contributed by atoms with E-state index in [0.29, 0.717) is 0 Å². The molecule has 0 heterocycles. The van der Waals surface area contributed by atoms with Gasteiger partial charge in [0.2, 0.25) is 0 Å². The Morgan fingerprint density at radius 3 is 1.42 bits per heavy atom. The van der Waals surface area contributed by atoms with Gasteiger partial charge in [0.15, 0.2) is 0 Å². The first-order chi connectivity index (χ1) is 5.06. The summed E-state index contributed by atoms with van der Waals surface area (Å²) in [6, 6.07) is 0. The summed E-state index contributed by atoms with van der Waals surface area (Å²) in [4.78, 5) is 0. The van der Waals surface area contributed by atoms with Crippen LogP contribution in [-0.2, 0) is 0 Å². The highest BCUT2D eigenvalue weighted by Crippen LogP contribution is 2.50. The van der Waals surface area contributed by atoms with Crippen LogP contribution in [0.15, 0.2) is 12.7 Å². The highest BCUT2D eigenvalue weighted by atomic mass is 127. The van der Waals surface area contributed by atoms with Gasteiger partial charge in [0.25, 0.3) is 0 Å². The Morgan fingerprint density at radius 2 is 1.33 bits per heavy atom. The zero-order valence-corrected chi connectivity index (χ0v) is 7.59. The first-order valence-electron chi connectivity index (χ1n) is 2.52. The highest BCUT2D eigenvalue weighted by Gasteiger charge is 2.68. The number of halogens is 7. The molecule has 0 radical (unpaired) electrons. The van der Waals surface area contributed by atoms with E-state index in [0.717, 1.165) is 0 Å². The van der Waals surface area contributed by atoms with E-state index in [9.17, 15) is 26.3 Å². The topological polar surface area (TPSA) is 0 Å². The molecule has 0 aliphatic carbocycles. The van der Waals surface area contributed by atoms with Gasteiger partial charge in [-0.3, -0.25) is 0 Å². The van der Waals surface area contributed by atoms with Crippen molar-refractivity contribution in [2.24, 2.45) is 0 Å². The number of rotatable bonds is 2. The second kappa shape index (κ2) is 3.08. The van der Waals surface area contributed by atoms with Crippen LogP contribution in [0.1, 0.15) is 0 Å².